The Morgan fingerprint density at radius 2 is 2.05 bits per heavy atom. The molecule has 2 saturated carbocycles. The van der Waals surface area contributed by atoms with Gasteiger partial charge in [0.1, 0.15) is 0 Å². The number of nitrogens with one attached hydrogen (secondary N) is 1. The predicted octanol–water partition coefficient (Wildman–Crippen LogP) is 4.19. The van der Waals surface area contributed by atoms with Crippen LogP contribution in [0.15, 0.2) is 5.38 Å². The molecule has 118 valence electrons. The molecule has 4 heteroatoms. The van der Waals surface area contributed by atoms with Gasteiger partial charge in [-0.1, -0.05) is 26.7 Å². The van der Waals surface area contributed by atoms with Crippen molar-refractivity contribution in [2.24, 2.45) is 5.92 Å². The van der Waals surface area contributed by atoms with Crippen molar-refractivity contribution in [1.82, 2.24) is 10.3 Å². The topological polar surface area (TPSA) is 28.2 Å². The third-order valence-electron chi connectivity index (χ3n) is 4.65. The number of anilines is 1. The molecule has 0 saturated heterocycles. The number of aromatic nitrogens is 1. The van der Waals surface area contributed by atoms with Gasteiger partial charge < -0.3 is 10.2 Å². The lowest BCUT2D eigenvalue weighted by Gasteiger charge is -2.29. The van der Waals surface area contributed by atoms with Crippen molar-refractivity contribution >= 4 is 16.5 Å². The second kappa shape index (κ2) is 7.10. The second-order valence-electron chi connectivity index (χ2n) is 7.09. The van der Waals surface area contributed by atoms with Crippen LogP contribution in [0.1, 0.15) is 64.5 Å². The van der Waals surface area contributed by atoms with E-state index in [-0.39, 0.29) is 0 Å². The summed E-state index contributed by atoms with van der Waals surface area (Å²) in [4.78, 5) is 7.52. The summed E-state index contributed by atoms with van der Waals surface area (Å²) < 4.78 is 0. The van der Waals surface area contributed by atoms with Crippen LogP contribution < -0.4 is 10.2 Å². The molecule has 21 heavy (non-hydrogen) atoms. The normalized spacial score (nSPS) is 19.6. The zero-order valence-corrected chi connectivity index (χ0v) is 14.3. The molecule has 0 atom stereocenters. The number of hydrogen-bond acceptors (Lipinski definition) is 4. The number of hydrogen-bond donors (Lipinski definition) is 1. The first-order valence-electron chi connectivity index (χ1n) is 8.67. The average Bonchev–Trinajstić information content (AvgIpc) is 2.95. The van der Waals surface area contributed by atoms with Gasteiger partial charge in [-0.05, 0) is 38.0 Å². The van der Waals surface area contributed by atoms with Crippen molar-refractivity contribution in [2.75, 3.05) is 11.4 Å². The molecule has 1 N–H and O–H groups in total. The summed E-state index contributed by atoms with van der Waals surface area (Å²) in [5.74, 6) is 0.768. The Labute approximate surface area is 133 Å². The van der Waals surface area contributed by atoms with Gasteiger partial charge in [0.25, 0.3) is 0 Å². The van der Waals surface area contributed by atoms with Crippen molar-refractivity contribution in [3.8, 4) is 0 Å². The molecule has 0 bridgehead atoms. The van der Waals surface area contributed by atoms with Gasteiger partial charge >= 0.3 is 0 Å². The largest absolute Gasteiger partial charge is 0.345 e. The molecule has 0 unspecified atom stereocenters. The summed E-state index contributed by atoms with van der Waals surface area (Å²) in [5.41, 5.74) is 1.23. The van der Waals surface area contributed by atoms with E-state index in [1.807, 2.05) is 11.3 Å². The Kier molecular flexibility index (Phi) is 5.17. The minimum Gasteiger partial charge on any atom is -0.345 e. The van der Waals surface area contributed by atoms with Gasteiger partial charge in [-0.3, -0.25) is 0 Å². The standard InChI is InChI=1S/C17H29N3S/c1-13(2)9-10-20(16-5-3-4-6-16)17-19-15(12-21-17)11-18-14-7-8-14/h12-14,16,18H,3-11H2,1-2H3. The fourth-order valence-electron chi connectivity index (χ4n) is 3.09. The molecule has 1 aromatic heterocycles. The molecule has 2 aliphatic carbocycles. The Balaban J connectivity index is 1.62. The van der Waals surface area contributed by atoms with E-state index in [9.17, 15) is 0 Å². The summed E-state index contributed by atoms with van der Waals surface area (Å²) >= 11 is 1.84. The summed E-state index contributed by atoms with van der Waals surface area (Å²) in [6.07, 6.45) is 9.46. The van der Waals surface area contributed by atoms with Crippen molar-refractivity contribution in [2.45, 2.75) is 77.4 Å². The van der Waals surface area contributed by atoms with Crippen LogP contribution >= 0.6 is 11.3 Å². The lowest BCUT2D eigenvalue weighted by Crippen LogP contribution is -2.34. The van der Waals surface area contributed by atoms with Gasteiger partial charge in [0, 0.05) is 30.6 Å². The Morgan fingerprint density at radius 1 is 1.29 bits per heavy atom. The summed E-state index contributed by atoms with van der Waals surface area (Å²) in [5, 5.41) is 7.08. The van der Waals surface area contributed by atoms with Crippen molar-refractivity contribution < 1.29 is 0 Å². The van der Waals surface area contributed by atoms with Crippen LogP contribution in [0.5, 0.6) is 0 Å². The summed E-state index contributed by atoms with van der Waals surface area (Å²) in [6, 6.07) is 1.50. The van der Waals surface area contributed by atoms with E-state index in [2.05, 4.69) is 29.4 Å². The Morgan fingerprint density at radius 3 is 2.71 bits per heavy atom. The third kappa shape index (κ3) is 4.43. The average molecular weight is 308 g/mol. The molecule has 0 spiro atoms. The summed E-state index contributed by atoms with van der Waals surface area (Å²) in [7, 11) is 0. The molecule has 1 heterocycles. The van der Waals surface area contributed by atoms with E-state index in [4.69, 9.17) is 4.98 Å². The first-order chi connectivity index (χ1) is 10.2. The maximum Gasteiger partial charge on any atom is 0.185 e. The van der Waals surface area contributed by atoms with Crippen LogP contribution in [0.25, 0.3) is 0 Å². The minimum atomic E-state index is 0.735. The third-order valence-corrected chi connectivity index (χ3v) is 5.57. The zero-order chi connectivity index (χ0) is 14.7. The highest BCUT2D eigenvalue weighted by molar-refractivity contribution is 7.13. The van der Waals surface area contributed by atoms with Gasteiger partial charge in [-0.25, -0.2) is 4.98 Å². The number of rotatable bonds is 8. The maximum atomic E-state index is 4.91. The van der Waals surface area contributed by atoms with Crippen LogP contribution in [0.3, 0.4) is 0 Å². The van der Waals surface area contributed by atoms with Crippen molar-refractivity contribution in [1.29, 1.82) is 0 Å². The highest BCUT2D eigenvalue weighted by Gasteiger charge is 2.25. The van der Waals surface area contributed by atoms with Gasteiger partial charge in [0.05, 0.1) is 5.69 Å². The first-order valence-corrected chi connectivity index (χ1v) is 9.55. The molecule has 3 nitrogen and oxygen atoms in total. The highest BCUT2D eigenvalue weighted by Crippen LogP contribution is 2.31. The molecule has 0 radical (unpaired) electrons. The van der Waals surface area contributed by atoms with Gasteiger partial charge in [-0.2, -0.15) is 0 Å². The quantitative estimate of drug-likeness (QED) is 0.780. The van der Waals surface area contributed by atoms with E-state index >= 15 is 0 Å². The Bertz CT molecular complexity index is 433. The number of nitrogens with zero attached hydrogens (tertiary/aromatic N) is 2. The molecular formula is C17H29N3S. The maximum absolute atomic E-state index is 4.91. The minimum absolute atomic E-state index is 0.735. The highest BCUT2D eigenvalue weighted by atomic mass is 32.1. The van der Waals surface area contributed by atoms with Gasteiger partial charge in [0.15, 0.2) is 5.13 Å². The molecule has 2 aliphatic rings. The van der Waals surface area contributed by atoms with E-state index in [1.165, 1.54) is 62.3 Å². The second-order valence-corrected chi connectivity index (χ2v) is 7.93. The SMILES string of the molecule is CC(C)CCN(c1nc(CNC2CC2)cs1)C1CCCC1. The smallest absolute Gasteiger partial charge is 0.185 e. The van der Waals surface area contributed by atoms with Gasteiger partial charge in [0.2, 0.25) is 0 Å². The fraction of sp³-hybridized carbons (Fsp3) is 0.824. The van der Waals surface area contributed by atoms with E-state index in [0.29, 0.717) is 0 Å². The monoisotopic (exact) mass is 307 g/mol. The van der Waals surface area contributed by atoms with Crippen LogP contribution in [-0.2, 0) is 6.54 Å². The Hall–Kier alpha value is -0.610. The zero-order valence-electron chi connectivity index (χ0n) is 13.5. The predicted molar refractivity (Wildman–Crippen MR) is 91.0 cm³/mol. The van der Waals surface area contributed by atoms with E-state index in [1.54, 1.807) is 0 Å². The van der Waals surface area contributed by atoms with Crippen molar-refractivity contribution in [3.63, 3.8) is 0 Å². The molecular weight excluding hydrogens is 278 g/mol. The molecule has 3 rings (SSSR count). The van der Waals surface area contributed by atoms with Crippen LogP contribution in [-0.4, -0.2) is 23.6 Å². The van der Waals surface area contributed by atoms with Crippen LogP contribution in [0.4, 0.5) is 5.13 Å². The van der Waals surface area contributed by atoms with Crippen LogP contribution in [0.2, 0.25) is 0 Å². The first kappa shape index (κ1) is 15.3. The lowest BCUT2D eigenvalue weighted by molar-refractivity contribution is 0.527. The molecule has 0 amide bonds. The van der Waals surface area contributed by atoms with Crippen molar-refractivity contribution in [3.05, 3.63) is 11.1 Å². The van der Waals surface area contributed by atoms with Crippen LogP contribution in [0, 0.1) is 5.92 Å². The van der Waals surface area contributed by atoms with E-state index < -0.39 is 0 Å². The van der Waals surface area contributed by atoms with Gasteiger partial charge in [-0.15, -0.1) is 11.3 Å². The summed E-state index contributed by atoms with van der Waals surface area (Å²) in [6.45, 7) is 6.76. The number of thiazole rings is 1. The molecule has 0 aromatic carbocycles. The molecule has 2 fully saturated rings. The fourth-order valence-corrected chi connectivity index (χ4v) is 4.02. The lowest BCUT2D eigenvalue weighted by atomic mass is 10.1. The molecule has 1 aromatic rings. The molecule has 0 aliphatic heterocycles. The van der Waals surface area contributed by atoms with E-state index in [0.717, 1.165) is 24.5 Å².